The number of hydrogen-bond donors (Lipinski definition) is 0. The van der Waals surface area contributed by atoms with E-state index in [2.05, 4.69) is 5.16 Å². The highest BCUT2D eigenvalue weighted by atomic mass is 16.5. The molecular weight excluding hydrogens is 246 g/mol. The quantitative estimate of drug-likeness (QED) is 0.828. The molecule has 2 aromatic rings. The first-order valence-corrected chi connectivity index (χ1v) is 6.13. The van der Waals surface area contributed by atoms with Crippen LogP contribution in [0.2, 0.25) is 0 Å². The number of carbonyl (C=O) groups excluding carboxylic acids is 1. The van der Waals surface area contributed by atoms with Gasteiger partial charge in [-0.05, 0) is 26.2 Å². The van der Waals surface area contributed by atoms with E-state index >= 15 is 0 Å². The van der Waals surface area contributed by atoms with E-state index in [0.29, 0.717) is 23.7 Å². The molecule has 0 spiro atoms. The third-order valence-electron chi connectivity index (χ3n) is 3.12. The molecule has 0 aliphatic carbocycles. The van der Waals surface area contributed by atoms with Gasteiger partial charge in [0.05, 0.1) is 0 Å². The van der Waals surface area contributed by atoms with Gasteiger partial charge in [-0.3, -0.25) is 9.69 Å². The zero-order valence-corrected chi connectivity index (χ0v) is 10.9. The zero-order valence-electron chi connectivity index (χ0n) is 10.9. The van der Waals surface area contributed by atoms with Crippen molar-refractivity contribution in [3.63, 3.8) is 0 Å². The Morgan fingerprint density at radius 1 is 1.42 bits per heavy atom. The van der Waals surface area contributed by atoms with Gasteiger partial charge in [0.25, 0.3) is 5.91 Å². The van der Waals surface area contributed by atoms with Crippen LogP contribution in [-0.2, 0) is 4.79 Å². The fourth-order valence-corrected chi connectivity index (χ4v) is 2.12. The lowest BCUT2D eigenvalue weighted by Gasteiger charge is -2.20. The van der Waals surface area contributed by atoms with Crippen LogP contribution in [0.5, 0.6) is 5.75 Å². The summed E-state index contributed by atoms with van der Waals surface area (Å²) in [5.41, 5.74) is 0.636. The highest BCUT2D eigenvalue weighted by Gasteiger charge is 2.27. The normalized spacial score (nSPS) is 14.9. The number of carbonyl (C=O) groups is 1. The van der Waals surface area contributed by atoms with Gasteiger partial charge in [-0.2, -0.15) is 0 Å². The van der Waals surface area contributed by atoms with E-state index in [9.17, 15) is 4.79 Å². The monoisotopic (exact) mass is 261 g/mol. The second-order valence-electron chi connectivity index (χ2n) is 4.77. The topological polar surface area (TPSA) is 58.8 Å². The average Bonchev–Trinajstić information content (AvgIpc) is 2.74. The molecule has 0 bridgehead atoms. The van der Waals surface area contributed by atoms with Gasteiger partial charge in [-0.25, -0.2) is 0 Å². The lowest BCUT2D eigenvalue weighted by Crippen LogP contribution is -2.38. The highest BCUT2D eigenvalue weighted by Crippen LogP contribution is 2.36. The number of nitrogens with zero attached hydrogens (tertiary/aromatic N) is 3. The number of aromatic nitrogens is 1. The number of amides is 1. The van der Waals surface area contributed by atoms with E-state index in [-0.39, 0.29) is 12.5 Å². The van der Waals surface area contributed by atoms with E-state index in [0.717, 1.165) is 11.9 Å². The van der Waals surface area contributed by atoms with Gasteiger partial charge in [0, 0.05) is 13.1 Å². The number of likely N-dealkylation sites (N-methyl/N-ethyl adjacent to an activating group) is 1. The molecule has 1 aromatic heterocycles. The fraction of sp³-hybridized carbons (Fsp3) is 0.385. The van der Waals surface area contributed by atoms with E-state index in [1.54, 1.807) is 4.90 Å². The largest absolute Gasteiger partial charge is 0.483 e. The van der Waals surface area contributed by atoms with Crippen LogP contribution in [-0.4, -0.2) is 49.8 Å². The summed E-state index contributed by atoms with van der Waals surface area (Å²) in [6.45, 7) is 1.34. The fourth-order valence-electron chi connectivity index (χ4n) is 2.12. The molecule has 0 saturated carbocycles. The minimum absolute atomic E-state index is 0.0307. The van der Waals surface area contributed by atoms with Crippen molar-refractivity contribution in [2.24, 2.45) is 0 Å². The standard InChI is InChI=1S/C13H15N3O3/c1-15(2)6-7-16-11(17)8-18-9-4-3-5-10-12(9)13(16)14-19-10/h3-5H,6-8H2,1-2H3. The van der Waals surface area contributed by atoms with Gasteiger partial charge in [-0.1, -0.05) is 11.2 Å². The molecule has 2 heterocycles. The van der Waals surface area contributed by atoms with Crippen molar-refractivity contribution in [3.8, 4) is 5.75 Å². The Hall–Kier alpha value is -2.08. The number of benzene rings is 1. The molecule has 1 amide bonds. The Balaban J connectivity index is 2.05. The van der Waals surface area contributed by atoms with Crippen LogP contribution in [0.3, 0.4) is 0 Å². The number of rotatable bonds is 3. The molecule has 0 atom stereocenters. The molecule has 0 radical (unpaired) electrons. The molecule has 1 aromatic carbocycles. The minimum Gasteiger partial charge on any atom is -0.483 e. The van der Waals surface area contributed by atoms with Crippen LogP contribution < -0.4 is 9.64 Å². The summed E-state index contributed by atoms with van der Waals surface area (Å²) in [5.74, 6) is 1.10. The van der Waals surface area contributed by atoms with Crippen molar-refractivity contribution in [2.75, 3.05) is 38.7 Å². The number of anilines is 1. The molecule has 0 unspecified atom stereocenters. The predicted molar refractivity (Wildman–Crippen MR) is 70.4 cm³/mol. The summed E-state index contributed by atoms with van der Waals surface area (Å²) in [5, 5.41) is 4.80. The Labute approximate surface area is 110 Å². The molecule has 6 nitrogen and oxygen atoms in total. The Kier molecular flexibility index (Phi) is 2.87. The minimum atomic E-state index is -0.103. The Morgan fingerprint density at radius 3 is 3.05 bits per heavy atom. The summed E-state index contributed by atoms with van der Waals surface area (Å²) < 4.78 is 10.8. The van der Waals surface area contributed by atoms with Crippen LogP contribution >= 0.6 is 0 Å². The second-order valence-corrected chi connectivity index (χ2v) is 4.77. The van der Waals surface area contributed by atoms with Gasteiger partial charge in [0.1, 0.15) is 11.1 Å². The van der Waals surface area contributed by atoms with Crippen LogP contribution in [0, 0.1) is 0 Å². The van der Waals surface area contributed by atoms with Crippen LogP contribution in [0.15, 0.2) is 22.7 Å². The number of hydrogen-bond acceptors (Lipinski definition) is 5. The summed E-state index contributed by atoms with van der Waals surface area (Å²) in [6, 6.07) is 5.47. The molecule has 100 valence electrons. The third kappa shape index (κ3) is 2.04. The molecule has 0 N–H and O–H groups in total. The molecule has 1 aliphatic heterocycles. The van der Waals surface area contributed by atoms with Crippen molar-refractivity contribution >= 4 is 22.7 Å². The maximum atomic E-state index is 12.1. The van der Waals surface area contributed by atoms with Gasteiger partial charge in [0.15, 0.2) is 18.0 Å². The van der Waals surface area contributed by atoms with E-state index < -0.39 is 0 Å². The first kappa shape index (κ1) is 12.0. The van der Waals surface area contributed by atoms with E-state index in [1.807, 2.05) is 37.2 Å². The van der Waals surface area contributed by atoms with Gasteiger partial charge in [-0.15, -0.1) is 0 Å². The maximum absolute atomic E-state index is 12.1. The summed E-state index contributed by atoms with van der Waals surface area (Å²) >= 11 is 0. The van der Waals surface area contributed by atoms with Crippen molar-refractivity contribution in [3.05, 3.63) is 18.2 Å². The van der Waals surface area contributed by atoms with Crippen molar-refractivity contribution in [1.82, 2.24) is 10.1 Å². The molecule has 19 heavy (non-hydrogen) atoms. The zero-order chi connectivity index (χ0) is 13.4. The molecular formula is C13H15N3O3. The highest BCUT2D eigenvalue weighted by molar-refractivity contribution is 6.05. The summed E-state index contributed by atoms with van der Waals surface area (Å²) in [4.78, 5) is 15.8. The number of ether oxygens (including phenoxy) is 1. The predicted octanol–water partition coefficient (Wildman–Crippen LogP) is 1.11. The third-order valence-corrected chi connectivity index (χ3v) is 3.12. The van der Waals surface area contributed by atoms with Crippen molar-refractivity contribution < 1.29 is 14.1 Å². The van der Waals surface area contributed by atoms with Gasteiger partial charge >= 0.3 is 0 Å². The van der Waals surface area contributed by atoms with Crippen LogP contribution in [0.4, 0.5) is 5.82 Å². The average molecular weight is 261 g/mol. The van der Waals surface area contributed by atoms with Crippen molar-refractivity contribution in [2.45, 2.75) is 0 Å². The van der Waals surface area contributed by atoms with Crippen molar-refractivity contribution in [1.29, 1.82) is 0 Å². The second kappa shape index (κ2) is 4.55. The molecule has 0 saturated heterocycles. The smallest absolute Gasteiger partial charge is 0.266 e. The molecule has 0 fully saturated rings. The lowest BCUT2D eigenvalue weighted by molar-refractivity contribution is -0.120. The van der Waals surface area contributed by atoms with Crippen LogP contribution in [0.1, 0.15) is 0 Å². The van der Waals surface area contributed by atoms with Gasteiger partial charge < -0.3 is 14.2 Å². The summed E-state index contributed by atoms with van der Waals surface area (Å²) in [7, 11) is 3.93. The van der Waals surface area contributed by atoms with E-state index in [4.69, 9.17) is 9.26 Å². The van der Waals surface area contributed by atoms with Crippen LogP contribution in [0.25, 0.3) is 11.0 Å². The SMILES string of the molecule is CN(C)CCN1C(=O)COc2cccc3onc1c23. The maximum Gasteiger partial charge on any atom is 0.266 e. The molecule has 6 heteroatoms. The summed E-state index contributed by atoms with van der Waals surface area (Å²) in [6.07, 6.45) is 0. The van der Waals surface area contributed by atoms with Gasteiger partial charge in [0.2, 0.25) is 0 Å². The lowest BCUT2D eigenvalue weighted by atomic mass is 10.2. The first-order valence-electron chi connectivity index (χ1n) is 6.13. The molecule has 1 aliphatic rings. The van der Waals surface area contributed by atoms with E-state index in [1.165, 1.54) is 0 Å². The Bertz CT molecular complexity index is 621. The molecule has 3 rings (SSSR count). The first-order chi connectivity index (χ1) is 9.16. The Morgan fingerprint density at radius 2 is 2.26 bits per heavy atom.